The van der Waals surface area contributed by atoms with E-state index in [0.717, 1.165) is 29.5 Å². The van der Waals surface area contributed by atoms with Crippen molar-refractivity contribution in [3.8, 4) is 11.5 Å². The van der Waals surface area contributed by atoms with E-state index in [1.54, 1.807) is 30.6 Å². The first-order valence-electron chi connectivity index (χ1n) is 7.01. The summed E-state index contributed by atoms with van der Waals surface area (Å²) in [6.07, 6.45) is 0. The van der Waals surface area contributed by atoms with E-state index in [1.807, 2.05) is 29.2 Å². The Balaban J connectivity index is 1.91. The number of methoxy groups -OCH3 is 1. The van der Waals surface area contributed by atoms with Crippen LogP contribution in [0, 0.1) is 0 Å². The van der Waals surface area contributed by atoms with Crippen LogP contribution < -0.4 is 9.47 Å². The lowest BCUT2D eigenvalue weighted by Gasteiger charge is -2.24. The summed E-state index contributed by atoms with van der Waals surface area (Å²) < 4.78 is 11.1. The molecule has 4 nitrogen and oxygen atoms in total. The molecule has 0 spiro atoms. The molecule has 0 radical (unpaired) electrons. The maximum absolute atomic E-state index is 12.2. The van der Waals surface area contributed by atoms with Gasteiger partial charge in [-0.1, -0.05) is 19.1 Å². The number of ether oxygens (including phenoxy) is 2. The first-order chi connectivity index (χ1) is 10.3. The molecule has 1 aliphatic rings. The third-order valence-corrected chi connectivity index (χ3v) is 5.24. The minimum atomic E-state index is 0.0971. The van der Waals surface area contributed by atoms with Crippen LogP contribution in [-0.4, -0.2) is 53.7 Å². The first kappa shape index (κ1) is 16.4. The molecule has 2 rings (SSSR count). The monoisotopic (exact) mass is 327 g/mol. The van der Waals surface area contributed by atoms with E-state index in [2.05, 4.69) is 6.92 Å². The van der Waals surface area contributed by atoms with Crippen LogP contribution in [0.25, 0.3) is 0 Å². The molecule has 1 amide bonds. The van der Waals surface area contributed by atoms with Crippen molar-refractivity contribution in [2.24, 2.45) is 0 Å². The molecule has 1 aliphatic heterocycles. The van der Waals surface area contributed by atoms with Crippen LogP contribution in [0.15, 0.2) is 24.3 Å². The minimum Gasteiger partial charge on any atom is -0.493 e. The van der Waals surface area contributed by atoms with Gasteiger partial charge in [-0.05, 0) is 17.9 Å². The molecule has 6 heteroatoms. The Hall–Kier alpha value is -1.01. The summed E-state index contributed by atoms with van der Waals surface area (Å²) >= 11 is 3.44. The highest BCUT2D eigenvalue weighted by Crippen LogP contribution is 2.29. The second-order valence-corrected chi connectivity index (χ2v) is 7.07. The molecule has 1 atom stereocenters. The number of rotatable bonds is 7. The van der Waals surface area contributed by atoms with Gasteiger partial charge >= 0.3 is 0 Å². The molecule has 21 heavy (non-hydrogen) atoms. The van der Waals surface area contributed by atoms with E-state index in [9.17, 15) is 4.79 Å². The Morgan fingerprint density at radius 1 is 1.43 bits per heavy atom. The van der Waals surface area contributed by atoms with Crippen LogP contribution in [0.2, 0.25) is 0 Å². The summed E-state index contributed by atoms with van der Waals surface area (Å²) in [5.41, 5.74) is 0. The van der Waals surface area contributed by atoms with Gasteiger partial charge < -0.3 is 14.4 Å². The SMILES string of the molecule is CCSCC(=O)N1CCSC1COc1ccccc1OC. The topological polar surface area (TPSA) is 38.8 Å². The van der Waals surface area contributed by atoms with Crippen molar-refractivity contribution < 1.29 is 14.3 Å². The molecule has 1 aromatic carbocycles. The maximum Gasteiger partial charge on any atom is 0.233 e. The van der Waals surface area contributed by atoms with Crippen molar-refractivity contribution in [3.05, 3.63) is 24.3 Å². The van der Waals surface area contributed by atoms with Crippen LogP contribution in [-0.2, 0) is 4.79 Å². The van der Waals surface area contributed by atoms with Gasteiger partial charge in [0.1, 0.15) is 12.0 Å². The van der Waals surface area contributed by atoms with Gasteiger partial charge in [-0.15, -0.1) is 11.8 Å². The molecule has 0 N–H and O–H groups in total. The average molecular weight is 327 g/mol. The average Bonchev–Trinajstić information content (AvgIpc) is 2.99. The van der Waals surface area contributed by atoms with Crippen LogP contribution in [0.1, 0.15) is 6.92 Å². The normalized spacial score (nSPS) is 17.8. The second kappa shape index (κ2) is 8.44. The number of nitrogens with zero attached hydrogens (tertiary/aromatic N) is 1. The summed E-state index contributed by atoms with van der Waals surface area (Å²) in [5.74, 6) is 4.16. The van der Waals surface area contributed by atoms with E-state index >= 15 is 0 Å². The molecule has 1 aromatic rings. The quantitative estimate of drug-likeness (QED) is 0.770. The van der Waals surface area contributed by atoms with Gasteiger partial charge in [0.25, 0.3) is 0 Å². The summed E-state index contributed by atoms with van der Waals surface area (Å²) in [4.78, 5) is 14.1. The minimum absolute atomic E-state index is 0.0971. The van der Waals surface area contributed by atoms with Gasteiger partial charge in [-0.3, -0.25) is 4.79 Å². The summed E-state index contributed by atoms with van der Waals surface area (Å²) in [5, 5.41) is 0.0971. The largest absolute Gasteiger partial charge is 0.493 e. The van der Waals surface area contributed by atoms with Crippen LogP contribution in [0.3, 0.4) is 0 Å². The second-order valence-electron chi connectivity index (χ2n) is 4.51. The maximum atomic E-state index is 12.2. The lowest BCUT2D eigenvalue weighted by molar-refractivity contribution is -0.128. The predicted molar refractivity (Wildman–Crippen MR) is 89.4 cm³/mol. The van der Waals surface area contributed by atoms with Crippen molar-refractivity contribution >= 4 is 29.4 Å². The fraction of sp³-hybridized carbons (Fsp3) is 0.533. The van der Waals surface area contributed by atoms with E-state index in [4.69, 9.17) is 9.47 Å². The van der Waals surface area contributed by atoms with Gasteiger partial charge in [0.05, 0.1) is 12.9 Å². The molecule has 0 aromatic heterocycles. The predicted octanol–water partition coefficient (Wildman–Crippen LogP) is 2.73. The number of benzene rings is 1. The Morgan fingerprint density at radius 2 is 2.19 bits per heavy atom. The molecule has 1 fully saturated rings. The molecule has 0 bridgehead atoms. The molecule has 0 aliphatic carbocycles. The Kier molecular flexibility index (Phi) is 6.57. The van der Waals surface area contributed by atoms with Crippen LogP contribution >= 0.6 is 23.5 Å². The zero-order chi connectivity index (χ0) is 15.1. The van der Waals surface area contributed by atoms with Gasteiger partial charge in [0.15, 0.2) is 11.5 Å². The lowest BCUT2D eigenvalue weighted by Crippen LogP contribution is -2.39. The van der Waals surface area contributed by atoms with Gasteiger partial charge in [0, 0.05) is 12.3 Å². The van der Waals surface area contributed by atoms with Crippen molar-refractivity contribution in [1.82, 2.24) is 4.90 Å². The highest BCUT2D eigenvalue weighted by Gasteiger charge is 2.29. The summed E-state index contributed by atoms with van der Waals surface area (Å²) in [6, 6.07) is 7.59. The van der Waals surface area contributed by atoms with Gasteiger partial charge in [0.2, 0.25) is 5.91 Å². The number of amides is 1. The van der Waals surface area contributed by atoms with Crippen molar-refractivity contribution in [2.45, 2.75) is 12.3 Å². The molecule has 1 saturated heterocycles. The van der Waals surface area contributed by atoms with E-state index in [1.165, 1.54) is 0 Å². The van der Waals surface area contributed by atoms with Crippen LogP contribution in [0.4, 0.5) is 0 Å². The molecule has 1 heterocycles. The molecule has 116 valence electrons. The standard InChI is InChI=1S/C15H21NO3S2/c1-3-20-11-14(17)16-8-9-21-15(16)10-19-13-7-5-4-6-12(13)18-2/h4-7,15H,3,8-11H2,1-2H3. The van der Waals surface area contributed by atoms with Crippen molar-refractivity contribution in [3.63, 3.8) is 0 Å². The third kappa shape index (κ3) is 4.48. The number of carbonyl (C=O) groups excluding carboxylic acids is 1. The third-order valence-electron chi connectivity index (χ3n) is 3.19. The number of hydrogen-bond donors (Lipinski definition) is 0. The first-order valence-corrected chi connectivity index (χ1v) is 9.21. The van der Waals surface area contributed by atoms with E-state index in [-0.39, 0.29) is 11.3 Å². The van der Waals surface area contributed by atoms with Crippen LogP contribution in [0.5, 0.6) is 11.5 Å². The number of carbonyl (C=O) groups is 1. The highest BCUT2D eigenvalue weighted by atomic mass is 32.2. The molecular weight excluding hydrogens is 306 g/mol. The Labute approximate surface area is 134 Å². The Bertz CT molecular complexity index is 470. The fourth-order valence-corrected chi connectivity index (χ4v) is 3.80. The smallest absolute Gasteiger partial charge is 0.233 e. The molecule has 1 unspecified atom stereocenters. The van der Waals surface area contributed by atoms with Crippen molar-refractivity contribution in [2.75, 3.05) is 37.5 Å². The van der Waals surface area contributed by atoms with E-state index < -0.39 is 0 Å². The zero-order valence-corrected chi connectivity index (χ0v) is 14.0. The van der Waals surface area contributed by atoms with Crippen molar-refractivity contribution in [1.29, 1.82) is 0 Å². The van der Waals surface area contributed by atoms with Gasteiger partial charge in [-0.25, -0.2) is 0 Å². The summed E-state index contributed by atoms with van der Waals surface area (Å²) in [7, 11) is 1.63. The molecule has 0 saturated carbocycles. The number of hydrogen-bond acceptors (Lipinski definition) is 5. The number of para-hydroxylation sites is 2. The Morgan fingerprint density at radius 3 is 2.90 bits per heavy atom. The van der Waals surface area contributed by atoms with E-state index in [0.29, 0.717) is 12.4 Å². The zero-order valence-electron chi connectivity index (χ0n) is 12.4. The van der Waals surface area contributed by atoms with Gasteiger partial charge in [-0.2, -0.15) is 11.8 Å². The number of thioether (sulfide) groups is 2. The lowest BCUT2D eigenvalue weighted by atomic mass is 10.3. The summed E-state index contributed by atoms with van der Waals surface area (Å²) in [6.45, 7) is 3.38. The molecular formula is C15H21NO3S2. The highest BCUT2D eigenvalue weighted by molar-refractivity contribution is 8.00. The fourth-order valence-electron chi connectivity index (χ4n) is 2.12.